The van der Waals surface area contributed by atoms with Crippen LogP contribution in [0.4, 0.5) is 0 Å². The first-order valence-electron chi connectivity index (χ1n) is 16.5. The first kappa shape index (κ1) is 39.0. The summed E-state index contributed by atoms with van der Waals surface area (Å²) in [5.74, 6) is -1.46. The SMILES string of the molecule is CCCCCCCC/C=C\CCCCCCCCC(O)C(=O)NC(CS(=O)(=O)O)C(O)CCCCCCCCC. The number of unbranched alkanes of at least 4 members (excludes halogenated alkanes) is 18. The van der Waals surface area contributed by atoms with Gasteiger partial charge in [0.2, 0.25) is 5.91 Å². The highest BCUT2D eigenvalue weighted by molar-refractivity contribution is 7.85. The molecule has 0 fully saturated rings. The summed E-state index contributed by atoms with van der Waals surface area (Å²) in [5, 5.41) is 23.2. The number of hydrogen-bond acceptors (Lipinski definition) is 5. The Labute approximate surface area is 246 Å². The Morgan fingerprint density at radius 3 is 1.50 bits per heavy atom. The van der Waals surface area contributed by atoms with Gasteiger partial charge in [0, 0.05) is 0 Å². The van der Waals surface area contributed by atoms with Crippen LogP contribution in [0.25, 0.3) is 0 Å². The molecule has 238 valence electrons. The van der Waals surface area contributed by atoms with Gasteiger partial charge in [-0.25, -0.2) is 0 Å². The van der Waals surface area contributed by atoms with Gasteiger partial charge in [-0.3, -0.25) is 9.35 Å². The summed E-state index contributed by atoms with van der Waals surface area (Å²) >= 11 is 0. The van der Waals surface area contributed by atoms with Crippen molar-refractivity contribution in [2.75, 3.05) is 5.75 Å². The molecular weight excluding hydrogens is 526 g/mol. The molecule has 3 atom stereocenters. The van der Waals surface area contributed by atoms with Gasteiger partial charge in [-0.2, -0.15) is 8.42 Å². The van der Waals surface area contributed by atoms with Crippen LogP contribution >= 0.6 is 0 Å². The molecule has 0 radical (unpaired) electrons. The lowest BCUT2D eigenvalue weighted by molar-refractivity contribution is -0.131. The maximum absolute atomic E-state index is 12.5. The standard InChI is InChI=1S/C32H63NO6S/c1-3-5-7-9-11-12-13-14-15-16-17-18-19-21-23-25-27-31(35)32(36)33-29(28-40(37,38)39)30(34)26-24-22-20-10-8-6-4-2/h14-15,29-31,34-35H,3-13,16-28H2,1-2H3,(H,33,36)(H,37,38,39)/b15-14-. The third-order valence-electron chi connectivity index (χ3n) is 7.58. The minimum atomic E-state index is -4.39. The summed E-state index contributed by atoms with van der Waals surface area (Å²) < 4.78 is 32.2. The van der Waals surface area contributed by atoms with E-state index in [1.54, 1.807) is 0 Å². The molecule has 0 spiro atoms. The summed E-state index contributed by atoms with van der Waals surface area (Å²) in [5.41, 5.74) is 0. The van der Waals surface area contributed by atoms with Crippen molar-refractivity contribution in [3.8, 4) is 0 Å². The molecule has 0 aliphatic heterocycles. The molecule has 0 rings (SSSR count). The summed E-state index contributed by atoms with van der Waals surface area (Å²) in [6.45, 7) is 4.41. The molecule has 7 nitrogen and oxygen atoms in total. The maximum Gasteiger partial charge on any atom is 0.266 e. The van der Waals surface area contributed by atoms with Crippen molar-refractivity contribution < 1.29 is 28.0 Å². The Morgan fingerprint density at radius 1 is 0.650 bits per heavy atom. The van der Waals surface area contributed by atoms with Crippen molar-refractivity contribution in [1.82, 2.24) is 5.32 Å². The third-order valence-corrected chi connectivity index (χ3v) is 8.36. The van der Waals surface area contributed by atoms with Crippen molar-refractivity contribution in [3.05, 3.63) is 12.2 Å². The molecule has 0 saturated heterocycles. The van der Waals surface area contributed by atoms with E-state index in [4.69, 9.17) is 0 Å². The van der Waals surface area contributed by atoms with Crippen LogP contribution in [0.1, 0.15) is 162 Å². The van der Waals surface area contributed by atoms with E-state index in [-0.39, 0.29) is 0 Å². The van der Waals surface area contributed by atoms with E-state index in [0.717, 1.165) is 44.9 Å². The fourth-order valence-corrected chi connectivity index (χ4v) is 5.74. The van der Waals surface area contributed by atoms with Crippen molar-refractivity contribution in [1.29, 1.82) is 0 Å². The van der Waals surface area contributed by atoms with E-state index in [2.05, 4.69) is 31.3 Å². The van der Waals surface area contributed by atoms with Gasteiger partial charge in [0.05, 0.1) is 17.9 Å². The molecule has 0 aliphatic carbocycles. The molecule has 0 saturated carbocycles. The van der Waals surface area contributed by atoms with E-state index in [1.807, 2.05) is 0 Å². The molecule has 0 heterocycles. The molecule has 0 aromatic heterocycles. The number of amides is 1. The largest absolute Gasteiger partial charge is 0.391 e. The molecule has 0 aliphatic rings. The summed E-state index contributed by atoms with van der Waals surface area (Å²) in [6, 6.07) is -1.14. The summed E-state index contributed by atoms with van der Waals surface area (Å²) in [6.07, 6.45) is 26.8. The Kier molecular flexibility index (Phi) is 26.3. The van der Waals surface area contributed by atoms with Crippen LogP contribution in [0.5, 0.6) is 0 Å². The van der Waals surface area contributed by atoms with Gasteiger partial charge in [0.1, 0.15) is 6.10 Å². The highest BCUT2D eigenvalue weighted by Crippen LogP contribution is 2.14. The number of hydrogen-bond donors (Lipinski definition) is 4. The molecule has 1 amide bonds. The average Bonchev–Trinajstić information content (AvgIpc) is 2.90. The second-order valence-corrected chi connectivity index (χ2v) is 13.1. The smallest absolute Gasteiger partial charge is 0.266 e. The van der Waals surface area contributed by atoms with E-state index in [0.29, 0.717) is 25.7 Å². The van der Waals surface area contributed by atoms with Crippen molar-refractivity contribution in [2.24, 2.45) is 0 Å². The fraction of sp³-hybridized carbons (Fsp3) is 0.906. The van der Waals surface area contributed by atoms with Crippen LogP contribution in [-0.2, 0) is 14.9 Å². The van der Waals surface area contributed by atoms with Crippen LogP contribution in [0.2, 0.25) is 0 Å². The zero-order chi connectivity index (χ0) is 29.9. The molecule has 3 unspecified atom stereocenters. The van der Waals surface area contributed by atoms with Gasteiger partial charge in [0.15, 0.2) is 0 Å². The lowest BCUT2D eigenvalue weighted by Gasteiger charge is -2.24. The highest BCUT2D eigenvalue weighted by Gasteiger charge is 2.28. The van der Waals surface area contributed by atoms with E-state index in [9.17, 15) is 28.0 Å². The second kappa shape index (κ2) is 26.9. The maximum atomic E-state index is 12.5. The molecule has 8 heteroatoms. The normalized spacial score (nSPS) is 14.4. The van der Waals surface area contributed by atoms with Crippen LogP contribution in [0, 0.1) is 0 Å². The Hall–Kier alpha value is -0.960. The Balaban J connectivity index is 4.04. The number of aliphatic hydroxyl groups is 2. The zero-order valence-corrected chi connectivity index (χ0v) is 26.6. The number of carbonyl (C=O) groups excluding carboxylic acids is 1. The van der Waals surface area contributed by atoms with Crippen LogP contribution < -0.4 is 5.32 Å². The topological polar surface area (TPSA) is 124 Å². The average molecular weight is 590 g/mol. The van der Waals surface area contributed by atoms with E-state index in [1.165, 1.54) is 77.0 Å². The number of aliphatic hydroxyl groups excluding tert-OH is 2. The number of rotatable bonds is 29. The molecule has 0 aromatic carbocycles. The number of nitrogens with one attached hydrogen (secondary N) is 1. The van der Waals surface area contributed by atoms with Gasteiger partial charge < -0.3 is 15.5 Å². The van der Waals surface area contributed by atoms with Gasteiger partial charge >= 0.3 is 0 Å². The van der Waals surface area contributed by atoms with Crippen LogP contribution in [0.15, 0.2) is 12.2 Å². The highest BCUT2D eigenvalue weighted by atomic mass is 32.2. The lowest BCUT2D eigenvalue weighted by Crippen LogP contribution is -2.50. The Morgan fingerprint density at radius 2 is 1.05 bits per heavy atom. The van der Waals surface area contributed by atoms with Crippen molar-refractivity contribution >= 4 is 16.0 Å². The summed E-state index contributed by atoms with van der Waals surface area (Å²) in [4.78, 5) is 12.5. The molecular formula is C32H63NO6S. The Bertz CT molecular complexity index is 712. The van der Waals surface area contributed by atoms with Crippen molar-refractivity contribution in [2.45, 2.75) is 180 Å². The predicted octanol–water partition coefficient (Wildman–Crippen LogP) is 7.65. The van der Waals surface area contributed by atoms with Gasteiger partial charge in [0.25, 0.3) is 10.1 Å². The lowest BCUT2D eigenvalue weighted by atomic mass is 10.0. The fourth-order valence-electron chi connectivity index (χ4n) is 4.98. The third kappa shape index (κ3) is 26.0. The van der Waals surface area contributed by atoms with Gasteiger partial charge in [-0.1, -0.05) is 135 Å². The summed E-state index contributed by atoms with van der Waals surface area (Å²) in [7, 11) is -4.39. The van der Waals surface area contributed by atoms with E-state index >= 15 is 0 Å². The predicted molar refractivity (Wildman–Crippen MR) is 167 cm³/mol. The molecule has 4 N–H and O–H groups in total. The van der Waals surface area contributed by atoms with Crippen LogP contribution in [-0.4, -0.2) is 53.1 Å². The van der Waals surface area contributed by atoms with Crippen molar-refractivity contribution in [3.63, 3.8) is 0 Å². The minimum absolute atomic E-state index is 0.291. The van der Waals surface area contributed by atoms with Gasteiger partial charge in [-0.15, -0.1) is 0 Å². The zero-order valence-electron chi connectivity index (χ0n) is 25.8. The molecule has 0 aromatic rings. The quantitative estimate of drug-likeness (QED) is 0.0404. The van der Waals surface area contributed by atoms with Gasteiger partial charge in [-0.05, 0) is 38.5 Å². The first-order valence-corrected chi connectivity index (χ1v) is 18.1. The first-order chi connectivity index (χ1) is 19.2. The molecule has 0 bridgehead atoms. The second-order valence-electron chi connectivity index (χ2n) is 11.6. The van der Waals surface area contributed by atoms with Crippen LogP contribution in [0.3, 0.4) is 0 Å². The number of carbonyl (C=O) groups is 1. The minimum Gasteiger partial charge on any atom is -0.391 e. The van der Waals surface area contributed by atoms with E-state index < -0.39 is 40.0 Å². The number of allylic oxidation sites excluding steroid dienone is 2. The monoisotopic (exact) mass is 589 g/mol. The molecule has 40 heavy (non-hydrogen) atoms.